The van der Waals surface area contributed by atoms with E-state index in [1.54, 1.807) is 55.8 Å². The van der Waals surface area contributed by atoms with Crippen LogP contribution in [0.1, 0.15) is 23.5 Å². The summed E-state index contributed by atoms with van der Waals surface area (Å²) in [6, 6.07) is 9.04. The number of nitrogens with zero attached hydrogens (tertiary/aromatic N) is 3. The SMILES string of the molecule is COC(=O)[C@@]12CNC[C@@](C(=O)OC)(C1=O)C(c1ccccn1)N(C)C2c1ccccn1. The van der Waals surface area contributed by atoms with E-state index < -0.39 is 40.6 Å². The van der Waals surface area contributed by atoms with Gasteiger partial charge in [0.25, 0.3) is 0 Å². The van der Waals surface area contributed by atoms with E-state index in [4.69, 9.17) is 9.47 Å². The molecule has 0 aliphatic carbocycles. The molecule has 0 spiro atoms. The summed E-state index contributed by atoms with van der Waals surface area (Å²) in [5.41, 5.74) is -2.33. The minimum absolute atomic E-state index is 0.0117. The molecular formula is C22H24N4O5. The van der Waals surface area contributed by atoms with Crippen LogP contribution in [-0.2, 0) is 23.9 Å². The third kappa shape index (κ3) is 2.80. The first-order valence-corrected chi connectivity index (χ1v) is 9.91. The monoisotopic (exact) mass is 424 g/mol. The summed E-state index contributed by atoms with van der Waals surface area (Å²) in [5.74, 6) is -1.98. The van der Waals surface area contributed by atoms with Crippen LogP contribution in [-0.4, -0.2) is 66.9 Å². The van der Waals surface area contributed by atoms with Crippen LogP contribution in [0.3, 0.4) is 0 Å². The fraction of sp³-hybridized carbons (Fsp3) is 0.409. The van der Waals surface area contributed by atoms with Gasteiger partial charge in [0.2, 0.25) is 0 Å². The second-order valence-corrected chi connectivity index (χ2v) is 7.84. The van der Waals surface area contributed by atoms with Crippen molar-refractivity contribution in [2.75, 3.05) is 34.4 Å². The van der Waals surface area contributed by atoms with E-state index >= 15 is 0 Å². The van der Waals surface area contributed by atoms with Gasteiger partial charge in [-0.05, 0) is 31.3 Å². The third-order valence-electron chi connectivity index (χ3n) is 6.40. The molecule has 2 aromatic heterocycles. The molecule has 1 N–H and O–H groups in total. The number of ether oxygens (including phenoxy) is 2. The number of piperidine rings is 2. The number of esters is 2. The summed E-state index contributed by atoms with van der Waals surface area (Å²) < 4.78 is 10.2. The van der Waals surface area contributed by atoms with Crippen molar-refractivity contribution in [1.29, 1.82) is 0 Å². The second-order valence-electron chi connectivity index (χ2n) is 7.84. The summed E-state index contributed by atoms with van der Waals surface area (Å²) in [6.45, 7) is 0.0234. The highest BCUT2D eigenvalue weighted by molar-refractivity contribution is 6.17. The van der Waals surface area contributed by atoms with Crippen molar-refractivity contribution < 1.29 is 23.9 Å². The Hall–Kier alpha value is -3.17. The molecule has 2 bridgehead atoms. The Bertz CT molecular complexity index is 924. The van der Waals surface area contributed by atoms with E-state index in [1.807, 2.05) is 4.90 Å². The molecule has 2 aliphatic heterocycles. The molecule has 2 saturated heterocycles. The number of pyridine rings is 2. The first-order valence-electron chi connectivity index (χ1n) is 9.91. The van der Waals surface area contributed by atoms with Crippen molar-refractivity contribution in [2.24, 2.45) is 10.8 Å². The van der Waals surface area contributed by atoms with E-state index in [-0.39, 0.29) is 13.1 Å². The molecule has 4 heterocycles. The average Bonchev–Trinajstić information content (AvgIpc) is 2.80. The van der Waals surface area contributed by atoms with E-state index in [0.717, 1.165) is 0 Å². The van der Waals surface area contributed by atoms with Crippen molar-refractivity contribution in [3.05, 3.63) is 60.2 Å². The van der Waals surface area contributed by atoms with E-state index in [1.165, 1.54) is 14.2 Å². The van der Waals surface area contributed by atoms with E-state index in [2.05, 4.69) is 15.3 Å². The molecule has 4 rings (SSSR count). The highest BCUT2D eigenvalue weighted by Gasteiger charge is 2.74. The lowest BCUT2D eigenvalue weighted by molar-refractivity contribution is -0.195. The number of fused-ring (bicyclic) bond motifs is 2. The van der Waals surface area contributed by atoms with Gasteiger partial charge < -0.3 is 14.8 Å². The fourth-order valence-electron chi connectivity index (χ4n) is 5.22. The minimum atomic E-state index is -1.68. The van der Waals surface area contributed by atoms with Gasteiger partial charge in [-0.3, -0.25) is 29.3 Å². The summed E-state index contributed by atoms with van der Waals surface area (Å²) in [6.07, 6.45) is 3.21. The predicted molar refractivity (Wildman–Crippen MR) is 108 cm³/mol. The van der Waals surface area contributed by atoms with Gasteiger partial charge in [-0.25, -0.2) is 0 Å². The summed E-state index contributed by atoms with van der Waals surface area (Å²) in [4.78, 5) is 51.4. The Labute approximate surface area is 179 Å². The van der Waals surface area contributed by atoms with Crippen molar-refractivity contribution in [3.63, 3.8) is 0 Å². The standard InChI is InChI=1S/C22H24N4O5/c1-26-16(14-8-4-6-10-24-14)21(19(28)30-2)12-23-13-22(18(21)27,20(29)31-3)17(26)15-9-5-7-11-25-15/h4-11,16-17,23H,12-13H2,1-3H3/t16?,17?,21-,22+. The average molecular weight is 424 g/mol. The summed E-state index contributed by atoms with van der Waals surface area (Å²) in [5, 5.41) is 3.14. The molecule has 0 amide bonds. The lowest BCUT2D eigenvalue weighted by Gasteiger charge is -2.58. The molecule has 4 atom stereocenters. The van der Waals surface area contributed by atoms with Gasteiger partial charge in [-0.2, -0.15) is 0 Å². The number of aromatic nitrogens is 2. The van der Waals surface area contributed by atoms with Crippen molar-refractivity contribution in [2.45, 2.75) is 12.1 Å². The molecule has 2 unspecified atom stereocenters. The molecule has 9 nitrogen and oxygen atoms in total. The van der Waals surface area contributed by atoms with Crippen molar-refractivity contribution >= 4 is 17.7 Å². The highest BCUT2D eigenvalue weighted by atomic mass is 16.5. The Kier molecular flexibility index (Phi) is 5.32. The zero-order chi connectivity index (χ0) is 22.2. The van der Waals surface area contributed by atoms with Crippen LogP contribution in [0.15, 0.2) is 48.8 Å². The van der Waals surface area contributed by atoms with Crippen LogP contribution < -0.4 is 5.32 Å². The molecule has 2 aromatic rings. The van der Waals surface area contributed by atoms with Gasteiger partial charge in [0, 0.05) is 25.5 Å². The molecule has 9 heteroatoms. The van der Waals surface area contributed by atoms with Gasteiger partial charge in [0.15, 0.2) is 16.6 Å². The first-order chi connectivity index (χ1) is 14.9. The fourth-order valence-corrected chi connectivity index (χ4v) is 5.22. The van der Waals surface area contributed by atoms with Crippen LogP contribution in [0.5, 0.6) is 0 Å². The molecular weight excluding hydrogens is 400 g/mol. The van der Waals surface area contributed by atoms with Gasteiger partial charge in [-0.15, -0.1) is 0 Å². The van der Waals surface area contributed by atoms with Crippen LogP contribution in [0.2, 0.25) is 0 Å². The van der Waals surface area contributed by atoms with E-state index in [0.29, 0.717) is 11.4 Å². The predicted octanol–water partition coefficient (Wildman–Crippen LogP) is 0.696. The third-order valence-corrected chi connectivity index (χ3v) is 6.40. The number of carbonyl (C=O) groups excluding carboxylic acids is 3. The van der Waals surface area contributed by atoms with Crippen molar-refractivity contribution in [1.82, 2.24) is 20.2 Å². The number of hydrogen-bond acceptors (Lipinski definition) is 9. The maximum absolute atomic E-state index is 14.2. The molecule has 2 aliphatic rings. The minimum Gasteiger partial charge on any atom is -0.468 e. The number of Topliss-reactive ketones (excluding diaryl/α,β-unsaturated/α-hetero) is 1. The summed E-state index contributed by atoms with van der Waals surface area (Å²) >= 11 is 0. The molecule has 0 aromatic carbocycles. The zero-order valence-corrected chi connectivity index (χ0v) is 17.6. The lowest BCUT2D eigenvalue weighted by atomic mass is 9.55. The van der Waals surface area contributed by atoms with Crippen molar-refractivity contribution in [3.8, 4) is 0 Å². The van der Waals surface area contributed by atoms with E-state index in [9.17, 15) is 14.4 Å². The second kappa shape index (κ2) is 7.82. The Morgan fingerprint density at radius 3 is 1.74 bits per heavy atom. The zero-order valence-electron chi connectivity index (χ0n) is 17.6. The normalized spacial score (nSPS) is 30.5. The van der Waals surface area contributed by atoms with Gasteiger partial charge in [0.05, 0.1) is 37.7 Å². The first kappa shape index (κ1) is 21.1. The Balaban J connectivity index is 2.04. The Morgan fingerprint density at radius 1 is 0.935 bits per heavy atom. The number of nitrogens with one attached hydrogen (secondary N) is 1. The number of ketones is 1. The largest absolute Gasteiger partial charge is 0.468 e. The highest BCUT2D eigenvalue weighted by Crippen LogP contribution is 2.58. The molecule has 162 valence electrons. The Morgan fingerprint density at radius 2 is 1.39 bits per heavy atom. The number of hydrogen-bond donors (Lipinski definition) is 1. The molecule has 0 radical (unpaired) electrons. The maximum atomic E-state index is 14.2. The van der Waals surface area contributed by atoms with Gasteiger partial charge in [0.1, 0.15) is 0 Å². The number of rotatable bonds is 4. The summed E-state index contributed by atoms with van der Waals surface area (Å²) in [7, 11) is 4.24. The molecule has 0 saturated carbocycles. The van der Waals surface area contributed by atoms with Gasteiger partial charge in [-0.1, -0.05) is 12.1 Å². The van der Waals surface area contributed by atoms with Crippen LogP contribution in [0.25, 0.3) is 0 Å². The molecule has 2 fully saturated rings. The smallest absolute Gasteiger partial charge is 0.322 e. The van der Waals surface area contributed by atoms with Crippen LogP contribution >= 0.6 is 0 Å². The maximum Gasteiger partial charge on any atom is 0.322 e. The molecule has 31 heavy (non-hydrogen) atoms. The quantitative estimate of drug-likeness (QED) is 0.560. The number of methoxy groups -OCH3 is 2. The van der Waals surface area contributed by atoms with Crippen LogP contribution in [0.4, 0.5) is 0 Å². The number of likely N-dealkylation sites (tertiary alicyclic amines) is 1. The van der Waals surface area contributed by atoms with Crippen LogP contribution in [0, 0.1) is 10.8 Å². The topological polar surface area (TPSA) is 111 Å². The van der Waals surface area contributed by atoms with Gasteiger partial charge >= 0.3 is 11.9 Å². The lowest BCUT2D eigenvalue weighted by Crippen LogP contribution is -2.75. The number of carbonyl (C=O) groups is 3.